The van der Waals surface area contributed by atoms with Crippen molar-refractivity contribution in [2.45, 2.75) is 12.8 Å². The first-order valence-electron chi connectivity index (χ1n) is 4.96. The maximum absolute atomic E-state index is 11.0. The summed E-state index contributed by atoms with van der Waals surface area (Å²) in [4.78, 5) is 16.7. The van der Waals surface area contributed by atoms with Crippen LogP contribution in [0.2, 0.25) is 0 Å². The third-order valence-electron chi connectivity index (χ3n) is 2.15. The lowest BCUT2D eigenvalue weighted by Crippen LogP contribution is -2.01. The Morgan fingerprint density at radius 3 is 3.00 bits per heavy atom. The molecule has 2 aromatic rings. The van der Waals surface area contributed by atoms with E-state index in [-0.39, 0.29) is 5.97 Å². The summed E-state index contributed by atoms with van der Waals surface area (Å²) in [6, 6.07) is 4.05. The van der Waals surface area contributed by atoms with Gasteiger partial charge in [0.1, 0.15) is 5.01 Å². The summed E-state index contributed by atoms with van der Waals surface area (Å²) in [5.41, 5.74) is 0.944. The second-order valence-electron chi connectivity index (χ2n) is 3.32. The van der Waals surface area contributed by atoms with Gasteiger partial charge in [-0.15, -0.1) is 22.7 Å². The minimum atomic E-state index is -0.196. The van der Waals surface area contributed by atoms with Crippen molar-refractivity contribution in [3.05, 3.63) is 27.0 Å². The molecule has 0 spiro atoms. The van der Waals surface area contributed by atoms with Gasteiger partial charge in [0.05, 0.1) is 27.9 Å². The third-order valence-corrected chi connectivity index (χ3v) is 4.83. The molecule has 6 heteroatoms. The molecular formula is C11H10BrNO2S2. The largest absolute Gasteiger partial charge is 0.469 e. The molecule has 2 heterocycles. The van der Waals surface area contributed by atoms with Gasteiger partial charge in [0.15, 0.2) is 0 Å². The van der Waals surface area contributed by atoms with Crippen molar-refractivity contribution >= 4 is 44.6 Å². The van der Waals surface area contributed by atoms with Crippen molar-refractivity contribution in [1.29, 1.82) is 0 Å². The molecule has 0 unspecified atom stereocenters. The number of aryl methyl sites for hydroxylation is 1. The minimum absolute atomic E-state index is 0.196. The maximum atomic E-state index is 11.0. The maximum Gasteiger partial charge on any atom is 0.305 e. The van der Waals surface area contributed by atoms with E-state index in [2.05, 4.69) is 25.7 Å². The fourth-order valence-corrected chi connectivity index (χ4v) is 3.61. The van der Waals surface area contributed by atoms with Gasteiger partial charge in [-0.05, 0) is 28.1 Å². The summed E-state index contributed by atoms with van der Waals surface area (Å²) in [5.74, 6) is -0.196. The zero-order chi connectivity index (χ0) is 12.3. The predicted octanol–water partition coefficient (Wildman–Crippen LogP) is 3.74. The monoisotopic (exact) mass is 331 g/mol. The molecule has 0 fully saturated rings. The second kappa shape index (κ2) is 5.75. The van der Waals surface area contributed by atoms with Gasteiger partial charge in [0.2, 0.25) is 0 Å². The quantitative estimate of drug-likeness (QED) is 0.801. The van der Waals surface area contributed by atoms with E-state index in [9.17, 15) is 4.79 Å². The van der Waals surface area contributed by atoms with E-state index >= 15 is 0 Å². The number of rotatable bonds is 4. The summed E-state index contributed by atoms with van der Waals surface area (Å²) in [6.07, 6.45) is 1.02. The standard InChI is InChI=1S/C11H10BrNO2S2/c1-15-10(14)5-2-7-6-16-11(13-7)8-3-4-9(12)17-8/h3-4,6H,2,5H2,1H3. The van der Waals surface area contributed by atoms with Crippen molar-refractivity contribution in [2.75, 3.05) is 7.11 Å². The van der Waals surface area contributed by atoms with Gasteiger partial charge in [-0.1, -0.05) is 0 Å². The molecule has 2 rings (SSSR count). The lowest BCUT2D eigenvalue weighted by atomic mass is 10.2. The van der Waals surface area contributed by atoms with Crippen molar-refractivity contribution in [2.24, 2.45) is 0 Å². The molecule has 0 N–H and O–H groups in total. The van der Waals surface area contributed by atoms with Gasteiger partial charge in [-0.2, -0.15) is 0 Å². The molecule has 0 aliphatic carbocycles. The van der Waals surface area contributed by atoms with Crippen LogP contribution in [0.3, 0.4) is 0 Å². The Morgan fingerprint density at radius 1 is 1.53 bits per heavy atom. The Balaban J connectivity index is 2.03. The predicted molar refractivity (Wildman–Crippen MR) is 73.5 cm³/mol. The number of ether oxygens (including phenoxy) is 1. The van der Waals surface area contributed by atoms with Gasteiger partial charge in [-0.25, -0.2) is 4.98 Å². The fraction of sp³-hybridized carbons (Fsp3) is 0.273. The summed E-state index contributed by atoms with van der Waals surface area (Å²) in [7, 11) is 1.40. The number of hydrogen-bond acceptors (Lipinski definition) is 5. The van der Waals surface area contributed by atoms with Crippen molar-refractivity contribution < 1.29 is 9.53 Å². The Kier molecular flexibility index (Phi) is 4.31. The zero-order valence-corrected chi connectivity index (χ0v) is 12.3. The van der Waals surface area contributed by atoms with E-state index in [1.165, 1.54) is 7.11 Å². The molecule has 0 aliphatic rings. The minimum Gasteiger partial charge on any atom is -0.469 e. The first kappa shape index (κ1) is 12.7. The smallest absolute Gasteiger partial charge is 0.305 e. The van der Waals surface area contributed by atoms with Crippen LogP contribution in [0, 0.1) is 0 Å². The van der Waals surface area contributed by atoms with Gasteiger partial charge in [0, 0.05) is 11.8 Å². The SMILES string of the molecule is COC(=O)CCc1csc(-c2ccc(Br)s2)n1. The number of methoxy groups -OCH3 is 1. The summed E-state index contributed by atoms with van der Waals surface area (Å²) in [6.45, 7) is 0. The number of carbonyl (C=O) groups is 1. The molecule has 0 saturated heterocycles. The van der Waals surface area contributed by atoms with Crippen LogP contribution in [0.4, 0.5) is 0 Å². The van der Waals surface area contributed by atoms with E-state index in [1.54, 1.807) is 22.7 Å². The van der Waals surface area contributed by atoms with Crippen LogP contribution in [0.25, 0.3) is 9.88 Å². The molecule has 2 aromatic heterocycles. The third kappa shape index (κ3) is 3.37. The van der Waals surface area contributed by atoms with Crippen LogP contribution < -0.4 is 0 Å². The molecule has 0 radical (unpaired) electrons. The Labute approximate surface area is 116 Å². The van der Waals surface area contributed by atoms with Gasteiger partial charge in [-0.3, -0.25) is 4.79 Å². The highest BCUT2D eigenvalue weighted by molar-refractivity contribution is 9.11. The molecule has 0 amide bonds. The van der Waals surface area contributed by atoms with E-state index in [4.69, 9.17) is 0 Å². The molecule has 90 valence electrons. The number of nitrogens with zero attached hydrogens (tertiary/aromatic N) is 1. The lowest BCUT2D eigenvalue weighted by molar-refractivity contribution is -0.140. The molecule has 0 bridgehead atoms. The molecule has 0 aliphatic heterocycles. The number of hydrogen-bond donors (Lipinski definition) is 0. The number of halogens is 1. The highest BCUT2D eigenvalue weighted by Gasteiger charge is 2.08. The van der Waals surface area contributed by atoms with Crippen molar-refractivity contribution in [3.63, 3.8) is 0 Å². The zero-order valence-electron chi connectivity index (χ0n) is 9.10. The van der Waals surface area contributed by atoms with Crippen LogP contribution in [-0.4, -0.2) is 18.1 Å². The van der Waals surface area contributed by atoms with E-state index in [0.29, 0.717) is 12.8 Å². The second-order valence-corrected chi connectivity index (χ2v) is 6.65. The molecule has 0 saturated carbocycles. The topological polar surface area (TPSA) is 39.2 Å². The average Bonchev–Trinajstić information content (AvgIpc) is 2.94. The lowest BCUT2D eigenvalue weighted by Gasteiger charge is -1.95. The number of esters is 1. The first-order valence-corrected chi connectivity index (χ1v) is 7.45. The van der Waals surface area contributed by atoms with Crippen LogP contribution in [0.15, 0.2) is 21.3 Å². The van der Waals surface area contributed by atoms with Gasteiger partial charge >= 0.3 is 5.97 Å². The Morgan fingerprint density at radius 2 is 2.35 bits per heavy atom. The molecule has 0 aromatic carbocycles. The van der Waals surface area contributed by atoms with Crippen LogP contribution in [0.1, 0.15) is 12.1 Å². The van der Waals surface area contributed by atoms with Crippen LogP contribution in [-0.2, 0) is 16.0 Å². The molecule has 3 nitrogen and oxygen atoms in total. The summed E-state index contributed by atoms with van der Waals surface area (Å²) >= 11 is 6.69. The van der Waals surface area contributed by atoms with Crippen molar-refractivity contribution in [1.82, 2.24) is 4.98 Å². The van der Waals surface area contributed by atoms with E-state index < -0.39 is 0 Å². The van der Waals surface area contributed by atoms with E-state index in [0.717, 1.165) is 19.4 Å². The molecule has 0 atom stereocenters. The summed E-state index contributed by atoms with van der Waals surface area (Å²) in [5, 5.41) is 2.99. The normalized spacial score (nSPS) is 10.5. The summed E-state index contributed by atoms with van der Waals surface area (Å²) < 4.78 is 5.70. The highest BCUT2D eigenvalue weighted by atomic mass is 79.9. The highest BCUT2D eigenvalue weighted by Crippen LogP contribution is 2.33. The Bertz CT molecular complexity index is 521. The molecule has 17 heavy (non-hydrogen) atoms. The number of carbonyl (C=O) groups excluding carboxylic acids is 1. The Hall–Kier alpha value is -0.720. The van der Waals surface area contributed by atoms with Crippen LogP contribution >= 0.6 is 38.6 Å². The van der Waals surface area contributed by atoms with Gasteiger partial charge in [0.25, 0.3) is 0 Å². The van der Waals surface area contributed by atoms with Gasteiger partial charge < -0.3 is 4.74 Å². The molecular weight excluding hydrogens is 322 g/mol. The van der Waals surface area contributed by atoms with E-state index in [1.807, 2.05) is 17.5 Å². The average molecular weight is 332 g/mol. The van der Waals surface area contributed by atoms with Crippen LogP contribution in [0.5, 0.6) is 0 Å². The number of aromatic nitrogens is 1. The first-order chi connectivity index (χ1) is 8.19. The fourth-order valence-electron chi connectivity index (χ4n) is 1.30. The number of thiazole rings is 1. The number of thiophene rings is 1. The van der Waals surface area contributed by atoms with Crippen molar-refractivity contribution in [3.8, 4) is 9.88 Å².